The number of benzene rings is 1. The molecule has 1 atom stereocenters. The first kappa shape index (κ1) is 15.0. The van der Waals surface area contributed by atoms with Gasteiger partial charge in [0.2, 0.25) is 5.91 Å². The van der Waals surface area contributed by atoms with Crippen molar-refractivity contribution in [1.82, 2.24) is 10.2 Å². The third-order valence-electron chi connectivity index (χ3n) is 4.19. The topological polar surface area (TPSA) is 32.3 Å². The van der Waals surface area contributed by atoms with E-state index >= 15 is 0 Å². The largest absolute Gasteiger partial charge is 0.343 e. The third-order valence-corrected chi connectivity index (χ3v) is 4.19. The smallest absolute Gasteiger partial charge is 0.222 e. The van der Waals surface area contributed by atoms with E-state index in [1.54, 1.807) is 0 Å². The van der Waals surface area contributed by atoms with Crippen molar-refractivity contribution in [3.05, 3.63) is 35.9 Å². The van der Waals surface area contributed by atoms with Gasteiger partial charge in [0.25, 0.3) is 0 Å². The van der Waals surface area contributed by atoms with E-state index in [-0.39, 0.29) is 0 Å². The summed E-state index contributed by atoms with van der Waals surface area (Å²) < 4.78 is 0. The monoisotopic (exact) mass is 274 g/mol. The minimum absolute atomic E-state index is 0.299. The molecule has 1 aromatic rings. The van der Waals surface area contributed by atoms with Crippen LogP contribution in [0.3, 0.4) is 0 Å². The van der Waals surface area contributed by atoms with Crippen molar-refractivity contribution in [1.29, 1.82) is 0 Å². The molecule has 1 N–H and O–H groups in total. The maximum Gasteiger partial charge on any atom is 0.222 e. The van der Waals surface area contributed by atoms with Crippen molar-refractivity contribution in [3.63, 3.8) is 0 Å². The standard InChI is InChI=1S/C17H26N2O/c1-19(16-10-6-13-18-14-12-16)17(20)11-5-9-15-7-3-2-4-8-15/h2-4,7-8,16,18H,5-6,9-14H2,1H3. The molecule has 0 aromatic heterocycles. The van der Waals surface area contributed by atoms with Crippen molar-refractivity contribution in [3.8, 4) is 0 Å². The van der Waals surface area contributed by atoms with E-state index in [9.17, 15) is 4.79 Å². The summed E-state index contributed by atoms with van der Waals surface area (Å²) in [5.74, 6) is 0.299. The van der Waals surface area contributed by atoms with E-state index in [0.717, 1.165) is 38.8 Å². The van der Waals surface area contributed by atoms with E-state index in [4.69, 9.17) is 0 Å². The molecule has 0 aliphatic carbocycles. The fourth-order valence-corrected chi connectivity index (χ4v) is 2.86. The minimum atomic E-state index is 0.299. The number of aryl methyl sites for hydroxylation is 1. The van der Waals surface area contributed by atoms with Gasteiger partial charge in [-0.05, 0) is 50.8 Å². The van der Waals surface area contributed by atoms with Gasteiger partial charge in [-0.15, -0.1) is 0 Å². The van der Waals surface area contributed by atoms with Gasteiger partial charge in [-0.3, -0.25) is 4.79 Å². The average molecular weight is 274 g/mol. The Bertz CT molecular complexity index is 397. The van der Waals surface area contributed by atoms with Crippen LogP contribution >= 0.6 is 0 Å². The van der Waals surface area contributed by atoms with Gasteiger partial charge in [-0.2, -0.15) is 0 Å². The summed E-state index contributed by atoms with van der Waals surface area (Å²) in [4.78, 5) is 14.2. The molecule has 1 aromatic carbocycles. The molecule has 3 nitrogen and oxygen atoms in total. The quantitative estimate of drug-likeness (QED) is 0.895. The Kier molecular flexibility index (Phi) is 6.06. The number of hydrogen-bond acceptors (Lipinski definition) is 2. The Balaban J connectivity index is 1.73. The molecule has 1 fully saturated rings. The van der Waals surface area contributed by atoms with Crippen LogP contribution in [0.25, 0.3) is 0 Å². The van der Waals surface area contributed by atoms with Gasteiger partial charge in [-0.25, -0.2) is 0 Å². The molecule has 1 heterocycles. The Morgan fingerprint density at radius 1 is 1.25 bits per heavy atom. The molecular formula is C17H26N2O. The molecular weight excluding hydrogens is 248 g/mol. The number of nitrogens with zero attached hydrogens (tertiary/aromatic N) is 1. The first-order valence-electron chi connectivity index (χ1n) is 7.77. The Labute approximate surface area is 122 Å². The molecule has 0 saturated carbocycles. The number of nitrogens with one attached hydrogen (secondary N) is 1. The predicted molar refractivity (Wildman–Crippen MR) is 82.7 cm³/mol. The molecule has 110 valence electrons. The molecule has 1 amide bonds. The van der Waals surface area contributed by atoms with Gasteiger partial charge in [0.05, 0.1) is 0 Å². The molecule has 1 aliphatic rings. The maximum atomic E-state index is 12.3. The fourth-order valence-electron chi connectivity index (χ4n) is 2.86. The van der Waals surface area contributed by atoms with Gasteiger partial charge >= 0.3 is 0 Å². The van der Waals surface area contributed by atoms with Crippen molar-refractivity contribution < 1.29 is 4.79 Å². The lowest BCUT2D eigenvalue weighted by Gasteiger charge is -2.27. The summed E-state index contributed by atoms with van der Waals surface area (Å²) in [6, 6.07) is 10.8. The number of amides is 1. The highest BCUT2D eigenvalue weighted by Gasteiger charge is 2.20. The Morgan fingerprint density at radius 3 is 2.85 bits per heavy atom. The zero-order valence-corrected chi connectivity index (χ0v) is 12.5. The Hall–Kier alpha value is -1.35. The molecule has 0 bridgehead atoms. The van der Waals surface area contributed by atoms with Crippen LogP contribution in [0.4, 0.5) is 0 Å². The summed E-state index contributed by atoms with van der Waals surface area (Å²) >= 11 is 0. The van der Waals surface area contributed by atoms with Crippen LogP contribution in [-0.4, -0.2) is 37.0 Å². The van der Waals surface area contributed by atoms with Crippen molar-refractivity contribution in [2.24, 2.45) is 0 Å². The lowest BCUT2D eigenvalue weighted by Crippen LogP contribution is -2.37. The van der Waals surface area contributed by atoms with Crippen LogP contribution in [0, 0.1) is 0 Å². The molecule has 3 heteroatoms. The van der Waals surface area contributed by atoms with Gasteiger partial charge in [-0.1, -0.05) is 30.3 Å². The SMILES string of the molecule is CN(C(=O)CCCc1ccccc1)C1CCCNCC1. The number of carbonyl (C=O) groups is 1. The van der Waals surface area contributed by atoms with Crippen LogP contribution in [-0.2, 0) is 11.2 Å². The van der Waals surface area contributed by atoms with Crippen molar-refractivity contribution in [2.75, 3.05) is 20.1 Å². The summed E-state index contributed by atoms with van der Waals surface area (Å²) in [5.41, 5.74) is 1.32. The average Bonchev–Trinajstić information content (AvgIpc) is 2.76. The van der Waals surface area contributed by atoms with Gasteiger partial charge < -0.3 is 10.2 Å². The lowest BCUT2D eigenvalue weighted by molar-refractivity contribution is -0.132. The van der Waals surface area contributed by atoms with Crippen LogP contribution in [0.5, 0.6) is 0 Å². The number of carbonyl (C=O) groups excluding carboxylic acids is 1. The zero-order valence-electron chi connectivity index (χ0n) is 12.5. The third kappa shape index (κ3) is 4.64. The first-order valence-corrected chi connectivity index (χ1v) is 7.77. The second kappa shape index (κ2) is 8.05. The van der Waals surface area contributed by atoms with Crippen molar-refractivity contribution in [2.45, 2.75) is 44.6 Å². The molecule has 0 radical (unpaired) electrons. The second-order valence-electron chi connectivity index (χ2n) is 5.68. The number of hydrogen-bond donors (Lipinski definition) is 1. The minimum Gasteiger partial charge on any atom is -0.343 e. The number of rotatable bonds is 5. The molecule has 2 rings (SSSR count). The molecule has 20 heavy (non-hydrogen) atoms. The van der Waals surface area contributed by atoms with Gasteiger partial charge in [0.15, 0.2) is 0 Å². The van der Waals surface area contributed by atoms with E-state index in [1.807, 2.05) is 18.0 Å². The lowest BCUT2D eigenvalue weighted by atomic mass is 10.1. The fraction of sp³-hybridized carbons (Fsp3) is 0.588. The van der Waals surface area contributed by atoms with Gasteiger partial charge in [0, 0.05) is 19.5 Å². The second-order valence-corrected chi connectivity index (χ2v) is 5.68. The molecule has 0 spiro atoms. The van der Waals surface area contributed by atoms with Crippen LogP contribution in [0.15, 0.2) is 30.3 Å². The van der Waals surface area contributed by atoms with E-state index < -0.39 is 0 Å². The summed E-state index contributed by atoms with van der Waals surface area (Å²) in [6.45, 7) is 2.12. The normalized spacial score (nSPS) is 19.4. The molecule has 1 saturated heterocycles. The first-order chi connectivity index (χ1) is 9.77. The van der Waals surface area contributed by atoms with E-state index in [0.29, 0.717) is 18.4 Å². The summed E-state index contributed by atoms with van der Waals surface area (Å²) in [5, 5.41) is 3.40. The van der Waals surface area contributed by atoms with Crippen LogP contribution in [0.2, 0.25) is 0 Å². The van der Waals surface area contributed by atoms with Gasteiger partial charge in [0.1, 0.15) is 0 Å². The molecule has 1 aliphatic heterocycles. The van der Waals surface area contributed by atoms with Crippen LogP contribution < -0.4 is 5.32 Å². The molecule has 1 unspecified atom stereocenters. The van der Waals surface area contributed by atoms with E-state index in [2.05, 4.69) is 29.6 Å². The zero-order chi connectivity index (χ0) is 14.2. The highest BCUT2D eigenvalue weighted by atomic mass is 16.2. The highest BCUT2D eigenvalue weighted by Crippen LogP contribution is 2.14. The maximum absolute atomic E-state index is 12.3. The summed E-state index contributed by atoms with van der Waals surface area (Å²) in [6.07, 6.45) is 5.99. The van der Waals surface area contributed by atoms with Crippen molar-refractivity contribution >= 4 is 5.91 Å². The summed E-state index contributed by atoms with van der Waals surface area (Å²) in [7, 11) is 1.97. The van der Waals surface area contributed by atoms with E-state index in [1.165, 1.54) is 12.0 Å². The Morgan fingerprint density at radius 2 is 2.05 bits per heavy atom. The highest BCUT2D eigenvalue weighted by molar-refractivity contribution is 5.76. The van der Waals surface area contributed by atoms with Crippen LogP contribution in [0.1, 0.15) is 37.7 Å². The predicted octanol–water partition coefficient (Wildman–Crippen LogP) is 2.61.